The van der Waals surface area contributed by atoms with E-state index >= 15 is 0 Å². The van der Waals surface area contributed by atoms with Crippen LogP contribution in [0.3, 0.4) is 0 Å². The van der Waals surface area contributed by atoms with Crippen LogP contribution in [0.25, 0.3) is 0 Å². The number of nitrogens with one attached hydrogen (secondary N) is 1. The van der Waals surface area contributed by atoms with E-state index in [-0.39, 0.29) is 5.91 Å². The topological polar surface area (TPSA) is 38.3 Å². The summed E-state index contributed by atoms with van der Waals surface area (Å²) in [7, 11) is 0. The summed E-state index contributed by atoms with van der Waals surface area (Å²) >= 11 is 0. The molecule has 0 aliphatic carbocycles. The summed E-state index contributed by atoms with van der Waals surface area (Å²) in [4.78, 5) is 12.2. The van der Waals surface area contributed by atoms with Crippen LogP contribution in [0.4, 0.5) is 5.69 Å². The van der Waals surface area contributed by atoms with E-state index in [1.165, 1.54) is 0 Å². The Morgan fingerprint density at radius 1 is 1.10 bits per heavy atom. The van der Waals surface area contributed by atoms with Crippen LogP contribution in [0.2, 0.25) is 0 Å². The van der Waals surface area contributed by atoms with Gasteiger partial charge in [0.25, 0.3) is 5.91 Å². The maximum atomic E-state index is 12.2. The van der Waals surface area contributed by atoms with Crippen LogP contribution in [0, 0.1) is 6.92 Å². The van der Waals surface area contributed by atoms with E-state index in [2.05, 4.69) is 5.32 Å². The third kappa shape index (κ3) is 3.85. The number of carbonyl (C=O) groups is 1. The summed E-state index contributed by atoms with van der Waals surface area (Å²) in [6, 6.07) is 17.1. The van der Waals surface area contributed by atoms with Crippen LogP contribution in [-0.4, -0.2) is 12.0 Å². The molecule has 1 amide bonds. The molecule has 3 heteroatoms. The van der Waals surface area contributed by atoms with Crippen molar-refractivity contribution in [3.8, 4) is 5.75 Å². The van der Waals surface area contributed by atoms with Crippen molar-refractivity contribution < 1.29 is 9.53 Å². The van der Waals surface area contributed by atoms with Gasteiger partial charge in [-0.25, -0.2) is 0 Å². The number of hydrogen-bond donors (Lipinski definition) is 1. The molecule has 0 spiro atoms. The minimum absolute atomic E-state index is 0.125. The maximum Gasteiger partial charge on any atom is 0.265 e. The predicted molar refractivity (Wildman–Crippen MR) is 81.0 cm³/mol. The molecule has 20 heavy (non-hydrogen) atoms. The summed E-state index contributed by atoms with van der Waals surface area (Å²) in [5, 5.41) is 2.88. The number of hydrogen-bond acceptors (Lipinski definition) is 2. The van der Waals surface area contributed by atoms with Gasteiger partial charge in [0.2, 0.25) is 0 Å². The lowest BCUT2D eigenvalue weighted by Crippen LogP contribution is -2.32. The highest BCUT2D eigenvalue weighted by Gasteiger charge is 2.18. The zero-order chi connectivity index (χ0) is 14.4. The second kappa shape index (κ2) is 6.75. The SMILES string of the molecule is CC[C@H](Oc1ccccc1)C(=O)Nc1ccc(C)cc1. The van der Waals surface area contributed by atoms with Crippen molar-refractivity contribution in [2.24, 2.45) is 0 Å². The number of aryl methyl sites for hydroxylation is 1. The molecule has 1 N–H and O–H groups in total. The summed E-state index contributed by atoms with van der Waals surface area (Å²) in [5.41, 5.74) is 1.95. The molecular weight excluding hydrogens is 250 g/mol. The third-order valence-corrected chi connectivity index (χ3v) is 3.00. The lowest BCUT2D eigenvalue weighted by molar-refractivity contribution is -0.122. The molecule has 0 aliphatic rings. The molecule has 3 nitrogen and oxygen atoms in total. The number of rotatable bonds is 5. The lowest BCUT2D eigenvalue weighted by Gasteiger charge is -2.17. The zero-order valence-corrected chi connectivity index (χ0v) is 11.8. The Hall–Kier alpha value is -2.29. The van der Waals surface area contributed by atoms with Gasteiger partial charge in [0.05, 0.1) is 0 Å². The molecule has 0 saturated carbocycles. The minimum Gasteiger partial charge on any atom is -0.481 e. The molecule has 0 aromatic heterocycles. The van der Waals surface area contributed by atoms with Gasteiger partial charge in [-0.05, 0) is 37.6 Å². The van der Waals surface area contributed by atoms with Gasteiger partial charge in [-0.1, -0.05) is 42.8 Å². The van der Waals surface area contributed by atoms with Gasteiger partial charge in [0, 0.05) is 5.69 Å². The first-order valence-corrected chi connectivity index (χ1v) is 6.78. The molecule has 0 fully saturated rings. The van der Waals surface area contributed by atoms with E-state index in [1.807, 2.05) is 68.4 Å². The minimum atomic E-state index is -0.487. The second-order valence-corrected chi connectivity index (χ2v) is 4.68. The second-order valence-electron chi connectivity index (χ2n) is 4.68. The molecule has 0 heterocycles. The monoisotopic (exact) mass is 269 g/mol. The third-order valence-electron chi connectivity index (χ3n) is 3.00. The van der Waals surface area contributed by atoms with E-state index in [9.17, 15) is 4.79 Å². The summed E-state index contributed by atoms with van der Waals surface area (Å²) in [6.07, 6.45) is 0.130. The Bertz CT molecular complexity index is 549. The van der Waals surface area contributed by atoms with Crippen LogP contribution in [-0.2, 0) is 4.79 Å². The number of anilines is 1. The van der Waals surface area contributed by atoms with Gasteiger partial charge in [-0.2, -0.15) is 0 Å². The fraction of sp³-hybridized carbons (Fsp3) is 0.235. The van der Waals surface area contributed by atoms with E-state index in [1.54, 1.807) is 0 Å². The van der Waals surface area contributed by atoms with Crippen LogP contribution < -0.4 is 10.1 Å². The Labute approximate surface area is 119 Å². The number of amides is 1. The first-order chi connectivity index (χ1) is 9.69. The van der Waals surface area contributed by atoms with Crippen LogP contribution in [0.15, 0.2) is 54.6 Å². The largest absolute Gasteiger partial charge is 0.481 e. The highest BCUT2D eigenvalue weighted by Crippen LogP contribution is 2.15. The average Bonchev–Trinajstić information content (AvgIpc) is 2.48. The van der Waals surface area contributed by atoms with Crippen LogP contribution in [0.1, 0.15) is 18.9 Å². The zero-order valence-electron chi connectivity index (χ0n) is 11.8. The first kappa shape index (κ1) is 14.1. The van der Waals surface area contributed by atoms with Crippen molar-refractivity contribution in [3.05, 3.63) is 60.2 Å². The van der Waals surface area contributed by atoms with Crippen molar-refractivity contribution in [1.29, 1.82) is 0 Å². The summed E-state index contributed by atoms with van der Waals surface area (Å²) in [5.74, 6) is 0.582. The molecule has 2 aromatic carbocycles. The highest BCUT2D eigenvalue weighted by atomic mass is 16.5. The number of ether oxygens (including phenoxy) is 1. The normalized spacial score (nSPS) is 11.7. The van der Waals surface area contributed by atoms with Crippen molar-refractivity contribution in [3.63, 3.8) is 0 Å². The molecule has 0 saturated heterocycles. The van der Waals surface area contributed by atoms with Crippen molar-refractivity contribution in [1.82, 2.24) is 0 Å². The van der Waals surface area contributed by atoms with Gasteiger partial charge < -0.3 is 10.1 Å². The Kier molecular flexibility index (Phi) is 4.77. The van der Waals surface area contributed by atoms with Crippen LogP contribution >= 0.6 is 0 Å². The smallest absolute Gasteiger partial charge is 0.265 e. The Morgan fingerprint density at radius 2 is 1.75 bits per heavy atom. The van der Waals surface area contributed by atoms with E-state index < -0.39 is 6.10 Å². The number of benzene rings is 2. The van der Waals surface area contributed by atoms with Gasteiger partial charge >= 0.3 is 0 Å². The van der Waals surface area contributed by atoms with Gasteiger partial charge in [-0.15, -0.1) is 0 Å². The van der Waals surface area contributed by atoms with Gasteiger partial charge in [0.15, 0.2) is 6.10 Å². The first-order valence-electron chi connectivity index (χ1n) is 6.78. The average molecular weight is 269 g/mol. The fourth-order valence-corrected chi connectivity index (χ4v) is 1.85. The summed E-state index contributed by atoms with van der Waals surface area (Å²) < 4.78 is 5.71. The van der Waals surface area contributed by atoms with E-state index in [0.717, 1.165) is 11.3 Å². The van der Waals surface area contributed by atoms with Crippen molar-refractivity contribution in [2.75, 3.05) is 5.32 Å². The summed E-state index contributed by atoms with van der Waals surface area (Å²) in [6.45, 7) is 3.95. The standard InChI is InChI=1S/C17H19NO2/c1-3-16(20-15-7-5-4-6-8-15)17(19)18-14-11-9-13(2)10-12-14/h4-12,16H,3H2,1-2H3,(H,18,19)/t16-/m0/s1. The molecular formula is C17H19NO2. The highest BCUT2D eigenvalue weighted by molar-refractivity contribution is 5.94. The molecule has 0 bridgehead atoms. The van der Waals surface area contributed by atoms with E-state index in [4.69, 9.17) is 4.74 Å². The molecule has 1 atom stereocenters. The fourth-order valence-electron chi connectivity index (χ4n) is 1.85. The Balaban J connectivity index is 2.00. The molecule has 0 radical (unpaired) electrons. The molecule has 0 aliphatic heterocycles. The van der Waals surface area contributed by atoms with Gasteiger partial charge in [-0.3, -0.25) is 4.79 Å². The Morgan fingerprint density at radius 3 is 2.35 bits per heavy atom. The number of para-hydroxylation sites is 1. The quantitative estimate of drug-likeness (QED) is 0.896. The number of carbonyl (C=O) groups excluding carboxylic acids is 1. The maximum absolute atomic E-state index is 12.2. The molecule has 104 valence electrons. The molecule has 2 aromatic rings. The lowest BCUT2D eigenvalue weighted by atomic mass is 10.2. The molecule has 2 rings (SSSR count). The van der Waals surface area contributed by atoms with Crippen molar-refractivity contribution in [2.45, 2.75) is 26.4 Å². The molecule has 0 unspecified atom stereocenters. The van der Waals surface area contributed by atoms with Crippen molar-refractivity contribution >= 4 is 11.6 Å². The van der Waals surface area contributed by atoms with Crippen LogP contribution in [0.5, 0.6) is 5.75 Å². The van der Waals surface area contributed by atoms with E-state index in [0.29, 0.717) is 12.2 Å². The van der Waals surface area contributed by atoms with Gasteiger partial charge in [0.1, 0.15) is 5.75 Å². The predicted octanol–water partition coefficient (Wildman–Crippen LogP) is 3.79.